The van der Waals surface area contributed by atoms with Crippen molar-refractivity contribution >= 4 is 42.6 Å². The topological polar surface area (TPSA) is 98.3 Å². The standard InChI is InChI=1S/C23H27N3O6S2/c1-25(2)34(28,29)17-9-7-15(8-10-17)22(27)26(14-16-6-5-13-32-16)23-24-20-18(30-3)11-12-19(31-4)21(20)33-23/h7-12,16H,5-6,13-14H2,1-4H3. The van der Waals surface area contributed by atoms with E-state index in [1.165, 1.54) is 49.7 Å². The number of fused-ring (bicyclic) bond motifs is 1. The number of ether oxygens (including phenoxy) is 3. The van der Waals surface area contributed by atoms with Crippen LogP contribution < -0.4 is 14.4 Å². The molecular weight excluding hydrogens is 478 g/mol. The van der Waals surface area contributed by atoms with Gasteiger partial charge in [-0.25, -0.2) is 17.7 Å². The number of methoxy groups -OCH3 is 2. The number of hydrogen-bond donors (Lipinski definition) is 0. The summed E-state index contributed by atoms with van der Waals surface area (Å²) >= 11 is 1.33. The third-order valence-corrected chi connectivity index (χ3v) is 8.59. The number of aromatic nitrogens is 1. The SMILES string of the molecule is COc1ccc(OC)c2sc(N(CC3CCCO3)C(=O)c3ccc(S(=O)(=O)N(C)C)cc3)nc12. The van der Waals surface area contributed by atoms with E-state index < -0.39 is 10.0 Å². The largest absolute Gasteiger partial charge is 0.495 e. The highest BCUT2D eigenvalue weighted by Crippen LogP contribution is 2.40. The van der Waals surface area contributed by atoms with Crippen molar-refractivity contribution in [1.82, 2.24) is 9.29 Å². The van der Waals surface area contributed by atoms with E-state index in [0.29, 0.717) is 40.9 Å². The number of nitrogens with zero attached hydrogens (tertiary/aromatic N) is 3. The van der Waals surface area contributed by atoms with Crippen molar-refractivity contribution < 1.29 is 27.4 Å². The van der Waals surface area contributed by atoms with Gasteiger partial charge in [0.15, 0.2) is 5.13 Å². The molecule has 2 aromatic carbocycles. The third kappa shape index (κ3) is 4.61. The second-order valence-electron chi connectivity index (χ2n) is 8.01. The maximum absolute atomic E-state index is 13.6. The average Bonchev–Trinajstić information content (AvgIpc) is 3.51. The van der Waals surface area contributed by atoms with Crippen LogP contribution in [-0.2, 0) is 14.8 Å². The molecule has 3 aromatic rings. The summed E-state index contributed by atoms with van der Waals surface area (Å²) in [7, 11) is 2.49. The van der Waals surface area contributed by atoms with Crippen LogP contribution in [0.5, 0.6) is 11.5 Å². The number of carbonyl (C=O) groups excluding carboxylic acids is 1. The fraction of sp³-hybridized carbons (Fsp3) is 0.391. The van der Waals surface area contributed by atoms with Crippen molar-refractivity contribution in [2.75, 3.05) is 46.4 Å². The lowest BCUT2D eigenvalue weighted by Crippen LogP contribution is -2.37. The summed E-state index contributed by atoms with van der Waals surface area (Å²) in [6.07, 6.45) is 1.68. The van der Waals surface area contributed by atoms with Gasteiger partial charge in [0.25, 0.3) is 5.91 Å². The Morgan fingerprint density at radius 3 is 2.38 bits per heavy atom. The molecular formula is C23H27N3O6S2. The van der Waals surface area contributed by atoms with Gasteiger partial charge in [0.1, 0.15) is 21.7 Å². The summed E-state index contributed by atoms with van der Waals surface area (Å²) in [4.78, 5) is 20.1. The summed E-state index contributed by atoms with van der Waals surface area (Å²) < 4.78 is 43.5. The molecule has 1 aliphatic rings. The summed E-state index contributed by atoms with van der Waals surface area (Å²) in [6, 6.07) is 9.51. The molecule has 1 atom stereocenters. The number of amides is 1. The predicted molar refractivity (Wildman–Crippen MR) is 131 cm³/mol. The van der Waals surface area contributed by atoms with Crippen molar-refractivity contribution in [2.45, 2.75) is 23.8 Å². The monoisotopic (exact) mass is 505 g/mol. The molecule has 1 fully saturated rings. The average molecular weight is 506 g/mol. The van der Waals surface area contributed by atoms with Crippen LogP contribution in [0, 0.1) is 0 Å². The highest BCUT2D eigenvalue weighted by molar-refractivity contribution is 7.89. The first-order chi connectivity index (χ1) is 16.3. The Bertz CT molecular complexity index is 1240. The summed E-state index contributed by atoms with van der Waals surface area (Å²) in [6.45, 7) is 0.992. The van der Waals surface area contributed by atoms with Crippen molar-refractivity contribution in [2.24, 2.45) is 0 Å². The lowest BCUT2D eigenvalue weighted by atomic mass is 10.2. The van der Waals surface area contributed by atoms with Gasteiger partial charge < -0.3 is 14.2 Å². The van der Waals surface area contributed by atoms with Gasteiger partial charge in [-0.15, -0.1) is 0 Å². The summed E-state index contributed by atoms with van der Waals surface area (Å²) in [5.41, 5.74) is 0.966. The molecule has 4 rings (SSSR count). The lowest BCUT2D eigenvalue weighted by Gasteiger charge is -2.23. The molecule has 1 saturated heterocycles. The molecule has 0 N–H and O–H groups in total. The van der Waals surface area contributed by atoms with Crippen molar-refractivity contribution in [3.63, 3.8) is 0 Å². The molecule has 1 aliphatic heterocycles. The molecule has 34 heavy (non-hydrogen) atoms. The van der Waals surface area contributed by atoms with Crippen molar-refractivity contribution in [3.8, 4) is 11.5 Å². The molecule has 0 spiro atoms. The molecule has 1 aromatic heterocycles. The van der Waals surface area contributed by atoms with Gasteiger partial charge in [-0.1, -0.05) is 11.3 Å². The maximum atomic E-state index is 13.6. The summed E-state index contributed by atoms with van der Waals surface area (Å²) in [5.74, 6) is 0.935. The third-order valence-electron chi connectivity index (χ3n) is 5.67. The molecule has 1 unspecified atom stereocenters. The molecule has 11 heteroatoms. The fourth-order valence-electron chi connectivity index (χ4n) is 3.77. The first-order valence-electron chi connectivity index (χ1n) is 10.7. The number of sulfonamides is 1. The molecule has 182 valence electrons. The van der Waals surface area contributed by atoms with E-state index in [4.69, 9.17) is 19.2 Å². The van der Waals surface area contributed by atoms with Gasteiger partial charge in [0.2, 0.25) is 10.0 Å². The Labute approximate surface area is 202 Å². The van der Waals surface area contributed by atoms with Crippen molar-refractivity contribution in [3.05, 3.63) is 42.0 Å². The molecule has 9 nitrogen and oxygen atoms in total. The second-order valence-corrected chi connectivity index (χ2v) is 11.1. The van der Waals surface area contributed by atoms with Gasteiger partial charge in [-0.2, -0.15) is 0 Å². The fourth-order valence-corrected chi connectivity index (χ4v) is 5.75. The van der Waals surface area contributed by atoms with Crippen LogP contribution in [-0.4, -0.2) is 71.2 Å². The Morgan fingerprint density at radius 1 is 1.12 bits per heavy atom. The van der Waals surface area contributed by atoms with Crippen LogP contribution in [0.1, 0.15) is 23.2 Å². The molecule has 1 amide bonds. The van der Waals surface area contributed by atoms with Gasteiger partial charge >= 0.3 is 0 Å². The maximum Gasteiger partial charge on any atom is 0.260 e. The highest BCUT2D eigenvalue weighted by Gasteiger charge is 2.28. The smallest absolute Gasteiger partial charge is 0.260 e. The van der Waals surface area contributed by atoms with Gasteiger partial charge in [-0.3, -0.25) is 9.69 Å². The first-order valence-corrected chi connectivity index (χ1v) is 13.0. The minimum atomic E-state index is -3.59. The molecule has 0 bridgehead atoms. The van der Waals surface area contributed by atoms with E-state index in [2.05, 4.69) is 0 Å². The Kier molecular flexibility index (Phi) is 7.08. The van der Waals surface area contributed by atoms with Crippen LogP contribution in [0.2, 0.25) is 0 Å². The molecule has 0 aliphatic carbocycles. The minimum absolute atomic E-state index is 0.104. The zero-order chi connectivity index (χ0) is 24.5. The Hall–Kier alpha value is -2.73. The number of rotatable bonds is 8. The highest BCUT2D eigenvalue weighted by atomic mass is 32.2. The van der Waals surface area contributed by atoms with E-state index in [1.54, 1.807) is 31.3 Å². The zero-order valence-corrected chi connectivity index (χ0v) is 21.1. The number of anilines is 1. The predicted octanol–water partition coefficient (Wildman–Crippen LogP) is 3.39. The van der Waals surface area contributed by atoms with E-state index in [-0.39, 0.29) is 16.9 Å². The summed E-state index contributed by atoms with van der Waals surface area (Å²) in [5, 5.41) is 0.489. The van der Waals surface area contributed by atoms with Crippen LogP contribution in [0.3, 0.4) is 0 Å². The molecule has 0 radical (unpaired) electrons. The number of hydrogen-bond acceptors (Lipinski definition) is 8. The normalized spacial score (nSPS) is 16.2. The van der Waals surface area contributed by atoms with Crippen LogP contribution in [0.25, 0.3) is 10.2 Å². The van der Waals surface area contributed by atoms with E-state index in [9.17, 15) is 13.2 Å². The van der Waals surface area contributed by atoms with E-state index in [1.807, 2.05) is 0 Å². The number of benzene rings is 2. The second kappa shape index (κ2) is 9.87. The van der Waals surface area contributed by atoms with E-state index in [0.717, 1.165) is 21.8 Å². The Morgan fingerprint density at radius 2 is 1.79 bits per heavy atom. The quantitative estimate of drug-likeness (QED) is 0.463. The first kappa shape index (κ1) is 24.4. The van der Waals surface area contributed by atoms with Crippen LogP contribution >= 0.6 is 11.3 Å². The molecule has 0 saturated carbocycles. The number of carbonyl (C=O) groups is 1. The van der Waals surface area contributed by atoms with E-state index >= 15 is 0 Å². The lowest BCUT2D eigenvalue weighted by molar-refractivity contribution is 0.0917. The Balaban J connectivity index is 1.74. The van der Waals surface area contributed by atoms with Crippen LogP contribution in [0.4, 0.5) is 5.13 Å². The molecule has 2 heterocycles. The van der Waals surface area contributed by atoms with Gasteiger partial charge in [0, 0.05) is 26.3 Å². The zero-order valence-electron chi connectivity index (χ0n) is 19.5. The van der Waals surface area contributed by atoms with Gasteiger partial charge in [-0.05, 0) is 49.2 Å². The van der Waals surface area contributed by atoms with Crippen molar-refractivity contribution in [1.29, 1.82) is 0 Å². The number of thiazole rings is 1. The minimum Gasteiger partial charge on any atom is -0.495 e. The van der Waals surface area contributed by atoms with Gasteiger partial charge in [0.05, 0.1) is 31.8 Å². The van der Waals surface area contributed by atoms with Crippen LogP contribution in [0.15, 0.2) is 41.3 Å².